The summed E-state index contributed by atoms with van der Waals surface area (Å²) in [6, 6.07) is 23.8. The van der Waals surface area contributed by atoms with Gasteiger partial charge >= 0.3 is 5.97 Å². The lowest BCUT2D eigenvalue weighted by Gasteiger charge is -2.17. The molecule has 3 rings (SSSR count). The van der Waals surface area contributed by atoms with Gasteiger partial charge in [-0.15, -0.1) is 0 Å². The number of hydrogen-bond donors (Lipinski definition) is 1. The number of ether oxygens (including phenoxy) is 1. The average Bonchev–Trinajstić information content (AvgIpc) is 2.83. The Bertz CT molecular complexity index is 1200. The first-order valence-electron chi connectivity index (χ1n) is 10.8. The number of aryl methyl sites for hydroxylation is 1. The summed E-state index contributed by atoms with van der Waals surface area (Å²) >= 11 is 0. The van der Waals surface area contributed by atoms with Gasteiger partial charge in [0.2, 0.25) is 10.0 Å². The van der Waals surface area contributed by atoms with Crippen LogP contribution < -0.4 is 5.32 Å². The lowest BCUT2D eigenvalue weighted by atomic mass is 9.89. The Kier molecular flexibility index (Phi) is 8.20. The predicted octanol–water partition coefficient (Wildman–Crippen LogP) is 3.95. The van der Waals surface area contributed by atoms with Crippen molar-refractivity contribution in [2.75, 3.05) is 26.0 Å². The van der Waals surface area contributed by atoms with Gasteiger partial charge in [-0.2, -0.15) is 0 Å². The minimum atomic E-state index is -3.65. The Morgan fingerprint density at radius 1 is 0.912 bits per heavy atom. The van der Waals surface area contributed by atoms with Gasteiger partial charge < -0.3 is 10.1 Å². The molecule has 0 saturated heterocycles. The smallest absolute Gasteiger partial charge is 0.307 e. The van der Waals surface area contributed by atoms with Crippen molar-refractivity contribution in [3.05, 3.63) is 95.6 Å². The van der Waals surface area contributed by atoms with E-state index in [0.717, 1.165) is 15.4 Å². The van der Waals surface area contributed by atoms with Gasteiger partial charge in [-0.3, -0.25) is 9.59 Å². The van der Waals surface area contributed by atoms with Crippen LogP contribution in [0.4, 0.5) is 5.69 Å². The monoisotopic (exact) mass is 480 g/mol. The van der Waals surface area contributed by atoms with Crippen molar-refractivity contribution in [3.8, 4) is 0 Å². The van der Waals surface area contributed by atoms with Gasteiger partial charge in [0, 0.05) is 25.7 Å². The van der Waals surface area contributed by atoms with E-state index in [2.05, 4.69) is 5.32 Å². The zero-order valence-corrected chi connectivity index (χ0v) is 20.2. The molecule has 0 saturated carbocycles. The SMILES string of the molecule is Cc1ccc(S(=O)(=O)N(C)C)cc1NC(=O)COC(=O)CC(c1ccccc1)c1ccccc1. The van der Waals surface area contributed by atoms with Crippen LogP contribution in [0.25, 0.3) is 0 Å². The van der Waals surface area contributed by atoms with Crippen LogP contribution in [0.3, 0.4) is 0 Å². The van der Waals surface area contributed by atoms with Crippen molar-refractivity contribution in [3.63, 3.8) is 0 Å². The number of benzene rings is 3. The zero-order chi connectivity index (χ0) is 24.7. The van der Waals surface area contributed by atoms with Crippen molar-refractivity contribution >= 4 is 27.6 Å². The molecule has 0 spiro atoms. The lowest BCUT2D eigenvalue weighted by Crippen LogP contribution is -2.24. The van der Waals surface area contributed by atoms with Gasteiger partial charge in [-0.05, 0) is 35.7 Å². The largest absolute Gasteiger partial charge is 0.456 e. The number of carbonyl (C=O) groups is 2. The number of esters is 1. The van der Waals surface area contributed by atoms with Crippen LogP contribution in [-0.4, -0.2) is 45.3 Å². The van der Waals surface area contributed by atoms with Crippen LogP contribution in [0, 0.1) is 6.92 Å². The summed E-state index contributed by atoms with van der Waals surface area (Å²) in [6.07, 6.45) is 0.0803. The summed E-state index contributed by atoms with van der Waals surface area (Å²) < 4.78 is 31.1. The highest BCUT2D eigenvalue weighted by molar-refractivity contribution is 7.89. The molecule has 178 valence electrons. The number of nitrogens with zero attached hydrogens (tertiary/aromatic N) is 1. The molecule has 0 aromatic heterocycles. The Morgan fingerprint density at radius 2 is 1.47 bits per heavy atom. The van der Waals surface area contributed by atoms with Crippen LogP contribution in [0.1, 0.15) is 29.0 Å². The van der Waals surface area contributed by atoms with Gasteiger partial charge in [0.15, 0.2) is 6.61 Å². The van der Waals surface area contributed by atoms with Crippen LogP contribution >= 0.6 is 0 Å². The van der Waals surface area contributed by atoms with Crippen molar-refractivity contribution in [2.45, 2.75) is 24.2 Å². The summed E-state index contributed by atoms with van der Waals surface area (Å²) in [6.45, 7) is 1.28. The third-order valence-corrected chi connectivity index (χ3v) is 7.21. The molecule has 8 heteroatoms. The molecular formula is C26H28N2O5S. The molecule has 0 bridgehead atoms. The van der Waals surface area contributed by atoms with Crippen molar-refractivity contribution in [1.29, 1.82) is 0 Å². The molecule has 0 aliphatic rings. The molecule has 0 radical (unpaired) electrons. The molecule has 0 unspecified atom stereocenters. The van der Waals surface area contributed by atoms with Crippen molar-refractivity contribution in [2.24, 2.45) is 0 Å². The molecule has 0 heterocycles. The lowest BCUT2D eigenvalue weighted by molar-refractivity contribution is -0.147. The maximum atomic E-state index is 12.6. The van der Waals surface area contributed by atoms with E-state index in [4.69, 9.17) is 4.74 Å². The quantitative estimate of drug-likeness (QED) is 0.468. The molecule has 3 aromatic rings. The molecule has 0 fully saturated rings. The summed E-state index contributed by atoms with van der Waals surface area (Å²) in [7, 11) is -0.776. The topological polar surface area (TPSA) is 92.8 Å². The first-order chi connectivity index (χ1) is 16.2. The molecule has 3 aromatic carbocycles. The molecule has 0 atom stereocenters. The Balaban J connectivity index is 1.65. The van der Waals surface area contributed by atoms with E-state index in [0.29, 0.717) is 11.3 Å². The number of nitrogens with one attached hydrogen (secondary N) is 1. The highest BCUT2D eigenvalue weighted by Gasteiger charge is 2.21. The van der Waals surface area contributed by atoms with Crippen LogP contribution in [-0.2, 0) is 24.3 Å². The van der Waals surface area contributed by atoms with Crippen LogP contribution in [0.2, 0.25) is 0 Å². The Morgan fingerprint density at radius 3 is 2.00 bits per heavy atom. The number of rotatable bonds is 9. The fourth-order valence-corrected chi connectivity index (χ4v) is 4.39. The number of sulfonamides is 1. The third-order valence-electron chi connectivity index (χ3n) is 5.40. The molecule has 1 amide bonds. The number of anilines is 1. The normalized spacial score (nSPS) is 11.4. The summed E-state index contributed by atoms with van der Waals surface area (Å²) in [5, 5.41) is 2.63. The van der Waals surface area contributed by atoms with E-state index in [1.165, 1.54) is 26.2 Å². The van der Waals surface area contributed by atoms with Gasteiger partial charge in [-0.1, -0.05) is 66.7 Å². The highest BCUT2D eigenvalue weighted by atomic mass is 32.2. The van der Waals surface area contributed by atoms with E-state index in [9.17, 15) is 18.0 Å². The van der Waals surface area contributed by atoms with Crippen molar-refractivity contribution < 1.29 is 22.7 Å². The fourth-order valence-electron chi connectivity index (χ4n) is 3.46. The minimum absolute atomic E-state index is 0.0592. The second kappa shape index (κ2) is 11.1. The maximum Gasteiger partial charge on any atom is 0.307 e. The molecule has 34 heavy (non-hydrogen) atoms. The fraction of sp³-hybridized carbons (Fsp3) is 0.231. The summed E-state index contributed by atoms with van der Waals surface area (Å²) in [4.78, 5) is 25.1. The molecule has 0 aliphatic heterocycles. The third kappa shape index (κ3) is 6.30. The van der Waals surface area contributed by atoms with Crippen LogP contribution in [0.5, 0.6) is 0 Å². The number of amides is 1. The van der Waals surface area contributed by atoms with Gasteiger partial charge in [0.25, 0.3) is 5.91 Å². The zero-order valence-electron chi connectivity index (χ0n) is 19.4. The number of hydrogen-bond acceptors (Lipinski definition) is 5. The molecule has 7 nitrogen and oxygen atoms in total. The van der Waals surface area contributed by atoms with Gasteiger partial charge in [-0.25, -0.2) is 12.7 Å². The maximum absolute atomic E-state index is 12.6. The highest BCUT2D eigenvalue weighted by Crippen LogP contribution is 2.28. The second-order valence-corrected chi connectivity index (χ2v) is 10.2. The second-order valence-electron chi connectivity index (χ2n) is 8.05. The van der Waals surface area contributed by atoms with Crippen LogP contribution in [0.15, 0.2) is 83.8 Å². The number of carbonyl (C=O) groups excluding carboxylic acids is 2. The first kappa shape index (κ1) is 25.1. The van der Waals surface area contributed by atoms with E-state index in [1.54, 1.807) is 13.0 Å². The standard InChI is InChI=1S/C26H28N2O5S/c1-19-14-15-22(34(31,32)28(2)3)16-24(19)27-25(29)18-33-26(30)17-23(20-10-6-4-7-11-20)21-12-8-5-9-13-21/h4-16,23H,17-18H2,1-3H3,(H,27,29). The summed E-state index contributed by atoms with van der Waals surface area (Å²) in [5.41, 5.74) is 2.98. The summed E-state index contributed by atoms with van der Waals surface area (Å²) in [5.74, 6) is -1.26. The van der Waals surface area contributed by atoms with E-state index in [-0.39, 0.29) is 17.2 Å². The van der Waals surface area contributed by atoms with E-state index in [1.807, 2.05) is 60.7 Å². The first-order valence-corrected chi connectivity index (χ1v) is 12.2. The predicted molar refractivity (Wildman–Crippen MR) is 131 cm³/mol. The van der Waals surface area contributed by atoms with E-state index < -0.39 is 28.5 Å². The van der Waals surface area contributed by atoms with Gasteiger partial charge in [0.05, 0.1) is 11.3 Å². The minimum Gasteiger partial charge on any atom is -0.456 e. The van der Waals surface area contributed by atoms with E-state index >= 15 is 0 Å². The molecule has 0 aliphatic carbocycles. The molecule has 1 N–H and O–H groups in total. The Labute approximate surface area is 200 Å². The molecular weight excluding hydrogens is 452 g/mol. The Hall–Kier alpha value is -3.49. The average molecular weight is 481 g/mol. The van der Waals surface area contributed by atoms with Crippen molar-refractivity contribution in [1.82, 2.24) is 4.31 Å². The van der Waals surface area contributed by atoms with Gasteiger partial charge in [0.1, 0.15) is 0 Å².